The second kappa shape index (κ2) is 7.82. The summed E-state index contributed by atoms with van der Waals surface area (Å²) in [7, 11) is 1.66. The number of benzene rings is 1. The number of nitrogens with zero attached hydrogens (tertiary/aromatic N) is 6. The molecule has 1 aliphatic heterocycles. The molecule has 1 amide bonds. The maximum absolute atomic E-state index is 13.1. The topological polar surface area (TPSA) is 99.6 Å². The van der Waals surface area contributed by atoms with Crippen molar-refractivity contribution < 1.29 is 4.79 Å². The Labute approximate surface area is 178 Å². The fraction of sp³-hybridized carbons (Fsp3) is 0.318. The summed E-state index contributed by atoms with van der Waals surface area (Å²) in [5.41, 5.74) is 2.03. The highest BCUT2D eigenvalue weighted by molar-refractivity contribution is 6.04. The Morgan fingerprint density at radius 3 is 2.81 bits per heavy atom. The van der Waals surface area contributed by atoms with Crippen LogP contribution in [0, 0.1) is 0 Å². The van der Waals surface area contributed by atoms with E-state index in [2.05, 4.69) is 20.5 Å². The molecule has 1 aliphatic rings. The molecule has 4 heterocycles. The standard InChI is InChI=1S/C22H23N7O2/c1-27-22(31)28-13-11-16(9-10-18(28)25-27)24-21(30)19-17-8-5-12-23-20(17)29(26-19)14-15-6-3-2-4-7-15/h2-8,12,16H,9-11,13-14H2,1H3,(H,24,30). The number of rotatable bonds is 4. The molecule has 3 aromatic heterocycles. The van der Waals surface area contributed by atoms with Gasteiger partial charge in [0.2, 0.25) is 0 Å². The summed E-state index contributed by atoms with van der Waals surface area (Å²) in [5, 5.41) is 12.7. The van der Waals surface area contributed by atoms with Crippen LogP contribution in [0.4, 0.5) is 0 Å². The zero-order chi connectivity index (χ0) is 21.4. The van der Waals surface area contributed by atoms with Crippen LogP contribution < -0.4 is 11.0 Å². The second-order valence-electron chi connectivity index (χ2n) is 7.84. The normalized spacial score (nSPS) is 16.1. The van der Waals surface area contributed by atoms with E-state index in [4.69, 9.17) is 0 Å². The molecule has 0 radical (unpaired) electrons. The van der Waals surface area contributed by atoms with E-state index < -0.39 is 0 Å². The third kappa shape index (κ3) is 3.63. The number of fused-ring (bicyclic) bond motifs is 2. The highest BCUT2D eigenvalue weighted by Crippen LogP contribution is 2.19. The molecule has 31 heavy (non-hydrogen) atoms. The van der Waals surface area contributed by atoms with Crippen LogP contribution in [0.15, 0.2) is 53.5 Å². The van der Waals surface area contributed by atoms with E-state index in [1.54, 1.807) is 22.5 Å². The highest BCUT2D eigenvalue weighted by Gasteiger charge is 2.24. The first-order valence-corrected chi connectivity index (χ1v) is 10.4. The van der Waals surface area contributed by atoms with Crippen LogP contribution in [0.5, 0.6) is 0 Å². The summed E-state index contributed by atoms with van der Waals surface area (Å²) in [6.07, 6.45) is 3.75. The molecule has 4 aromatic rings. The first kappa shape index (κ1) is 19.2. The van der Waals surface area contributed by atoms with Gasteiger partial charge in [-0.25, -0.2) is 19.1 Å². The number of carbonyl (C=O) groups is 1. The molecule has 9 heteroatoms. The zero-order valence-electron chi connectivity index (χ0n) is 17.2. The molecular formula is C22H23N7O2. The van der Waals surface area contributed by atoms with Gasteiger partial charge in [0.1, 0.15) is 5.82 Å². The SMILES string of the molecule is Cn1nc2n(c1=O)CCC(NC(=O)c1nn(Cc3ccccc3)c3ncccc13)CC2. The second-order valence-corrected chi connectivity index (χ2v) is 7.84. The van der Waals surface area contributed by atoms with E-state index in [-0.39, 0.29) is 17.6 Å². The third-order valence-electron chi connectivity index (χ3n) is 5.73. The Morgan fingerprint density at radius 2 is 1.97 bits per heavy atom. The van der Waals surface area contributed by atoms with Gasteiger partial charge in [0.05, 0.1) is 11.9 Å². The van der Waals surface area contributed by atoms with Crippen molar-refractivity contribution in [3.05, 3.63) is 76.2 Å². The Balaban J connectivity index is 1.37. The lowest BCUT2D eigenvalue weighted by molar-refractivity contribution is 0.0928. The van der Waals surface area contributed by atoms with Crippen LogP contribution in [-0.4, -0.2) is 41.1 Å². The molecule has 0 fully saturated rings. The van der Waals surface area contributed by atoms with E-state index >= 15 is 0 Å². The molecule has 1 unspecified atom stereocenters. The molecule has 0 saturated carbocycles. The average Bonchev–Trinajstić information content (AvgIpc) is 3.20. The Hall–Kier alpha value is -3.75. The first-order chi connectivity index (χ1) is 15.1. The molecule has 0 aliphatic carbocycles. The number of aryl methyl sites for hydroxylation is 2. The quantitative estimate of drug-likeness (QED) is 0.543. The largest absolute Gasteiger partial charge is 0.348 e. The number of aromatic nitrogens is 6. The maximum Gasteiger partial charge on any atom is 0.345 e. The number of nitrogens with one attached hydrogen (secondary N) is 1. The minimum absolute atomic E-state index is 0.0510. The van der Waals surface area contributed by atoms with Crippen molar-refractivity contribution in [1.82, 2.24) is 34.4 Å². The van der Waals surface area contributed by atoms with Crippen LogP contribution >= 0.6 is 0 Å². The Bertz CT molecular complexity index is 1300. The summed E-state index contributed by atoms with van der Waals surface area (Å²) < 4.78 is 4.83. The highest BCUT2D eigenvalue weighted by atomic mass is 16.2. The molecule has 5 rings (SSSR count). The van der Waals surface area contributed by atoms with Crippen molar-refractivity contribution >= 4 is 16.9 Å². The van der Waals surface area contributed by atoms with Gasteiger partial charge in [-0.2, -0.15) is 10.2 Å². The van der Waals surface area contributed by atoms with Crippen molar-refractivity contribution in [2.75, 3.05) is 0 Å². The van der Waals surface area contributed by atoms with E-state index in [1.165, 1.54) is 4.68 Å². The van der Waals surface area contributed by atoms with Gasteiger partial charge in [0.25, 0.3) is 5.91 Å². The van der Waals surface area contributed by atoms with Gasteiger partial charge >= 0.3 is 5.69 Å². The fourth-order valence-electron chi connectivity index (χ4n) is 4.14. The summed E-state index contributed by atoms with van der Waals surface area (Å²) >= 11 is 0. The molecule has 158 valence electrons. The van der Waals surface area contributed by atoms with Gasteiger partial charge in [-0.3, -0.25) is 9.36 Å². The molecule has 1 atom stereocenters. The Morgan fingerprint density at radius 1 is 1.13 bits per heavy atom. The third-order valence-corrected chi connectivity index (χ3v) is 5.73. The fourth-order valence-corrected chi connectivity index (χ4v) is 4.14. The van der Waals surface area contributed by atoms with Crippen LogP contribution in [0.25, 0.3) is 11.0 Å². The molecule has 0 bridgehead atoms. The smallest absolute Gasteiger partial charge is 0.345 e. The van der Waals surface area contributed by atoms with Gasteiger partial charge in [-0.1, -0.05) is 30.3 Å². The predicted octanol–water partition coefficient (Wildman–Crippen LogP) is 1.51. The maximum atomic E-state index is 13.1. The van der Waals surface area contributed by atoms with E-state index in [9.17, 15) is 9.59 Å². The van der Waals surface area contributed by atoms with Gasteiger partial charge < -0.3 is 5.32 Å². The van der Waals surface area contributed by atoms with E-state index in [1.807, 2.05) is 42.5 Å². The lowest BCUT2D eigenvalue weighted by atomic mass is 10.1. The molecular weight excluding hydrogens is 394 g/mol. The monoisotopic (exact) mass is 417 g/mol. The van der Waals surface area contributed by atoms with Crippen LogP contribution in [-0.2, 0) is 26.6 Å². The number of hydrogen-bond acceptors (Lipinski definition) is 5. The zero-order valence-corrected chi connectivity index (χ0v) is 17.2. The molecule has 1 N–H and O–H groups in total. The van der Waals surface area contributed by atoms with Gasteiger partial charge in [-0.15, -0.1) is 0 Å². The minimum Gasteiger partial charge on any atom is -0.348 e. The van der Waals surface area contributed by atoms with Crippen molar-refractivity contribution in [1.29, 1.82) is 0 Å². The summed E-state index contributed by atoms with van der Waals surface area (Å²) in [6, 6.07) is 13.6. The van der Waals surface area contributed by atoms with Crippen LogP contribution in [0.3, 0.4) is 0 Å². The molecule has 0 spiro atoms. The van der Waals surface area contributed by atoms with Crippen molar-refractivity contribution in [2.24, 2.45) is 7.05 Å². The number of hydrogen-bond donors (Lipinski definition) is 1. The first-order valence-electron chi connectivity index (χ1n) is 10.4. The van der Waals surface area contributed by atoms with Crippen LogP contribution in [0.1, 0.15) is 34.7 Å². The molecule has 9 nitrogen and oxygen atoms in total. The lowest BCUT2D eigenvalue weighted by Crippen LogP contribution is -2.36. The summed E-state index contributed by atoms with van der Waals surface area (Å²) in [6.45, 7) is 1.08. The van der Waals surface area contributed by atoms with Gasteiger partial charge in [0.15, 0.2) is 11.3 Å². The molecule has 1 aromatic carbocycles. The lowest BCUT2D eigenvalue weighted by Gasteiger charge is -2.15. The van der Waals surface area contributed by atoms with Crippen molar-refractivity contribution in [2.45, 2.75) is 38.4 Å². The number of amides is 1. The summed E-state index contributed by atoms with van der Waals surface area (Å²) in [5.74, 6) is 0.549. The minimum atomic E-state index is -0.220. The predicted molar refractivity (Wildman–Crippen MR) is 115 cm³/mol. The van der Waals surface area contributed by atoms with Gasteiger partial charge in [-0.05, 0) is 30.5 Å². The Kier molecular flexibility index (Phi) is 4.85. The van der Waals surface area contributed by atoms with Crippen molar-refractivity contribution in [3.63, 3.8) is 0 Å². The average molecular weight is 417 g/mol. The van der Waals surface area contributed by atoms with Crippen molar-refractivity contribution in [3.8, 4) is 0 Å². The number of carbonyl (C=O) groups excluding carboxylic acids is 1. The van der Waals surface area contributed by atoms with Gasteiger partial charge in [0, 0.05) is 32.3 Å². The molecule has 0 saturated heterocycles. The van der Waals surface area contributed by atoms with Crippen LogP contribution in [0.2, 0.25) is 0 Å². The number of pyridine rings is 1. The van der Waals surface area contributed by atoms with E-state index in [0.29, 0.717) is 37.3 Å². The van der Waals surface area contributed by atoms with E-state index in [0.717, 1.165) is 23.2 Å². The summed E-state index contributed by atoms with van der Waals surface area (Å²) in [4.78, 5) is 29.8.